The minimum atomic E-state index is -0.384. The molecule has 1 aromatic carbocycles. The van der Waals surface area contributed by atoms with Gasteiger partial charge in [0.05, 0.1) is 13.0 Å². The molecular formula is C13H16N2O3. The number of amides is 1. The summed E-state index contributed by atoms with van der Waals surface area (Å²) in [6, 6.07) is 5.46. The van der Waals surface area contributed by atoms with Crippen LogP contribution in [0.1, 0.15) is 12.0 Å². The van der Waals surface area contributed by atoms with E-state index in [0.29, 0.717) is 12.2 Å². The number of methoxy groups -OCH3 is 1. The second kappa shape index (κ2) is 4.68. The van der Waals surface area contributed by atoms with Crippen molar-refractivity contribution in [2.45, 2.75) is 13.3 Å². The van der Waals surface area contributed by atoms with E-state index in [1.807, 2.05) is 19.1 Å². The minimum absolute atomic E-state index is 0.0753. The molecule has 5 heteroatoms. The van der Waals surface area contributed by atoms with Crippen molar-refractivity contribution in [2.75, 3.05) is 24.3 Å². The number of esters is 1. The SMILES string of the molecule is COC(=O)[C@H]1CC(=O)N(c2ccc(C)c(N)c2)C1. The van der Waals surface area contributed by atoms with E-state index in [1.165, 1.54) is 7.11 Å². The Morgan fingerprint density at radius 1 is 1.50 bits per heavy atom. The smallest absolute Gasteiger partial charge is 0.311 e. The third-order valence-electron chi connectivity index (χ3n) is 3.23. The quantitative estimate of drug-likeness (QED) is 0.628. The third kappa shape index (κ3) is 2.16. The third-order valence-corrected chi connectivity index (χ3v) is 3.23. The molecule has 18 heavy (non-hydrogen) atoms. The van der Waals surface area contributed by atoms with Crippen LogP contribution in [0, 0.1) is 12.8 Å². The van der Waals surface area contributed by atoms with Gasteiger partial charge in [-0.15, -0.1) is 0 Å². The number of benzene rings is 1. The predicted octanol–water partition coefficient (Wildman–Crippen LogP) is 1.10. The molecule has 1 aliphatic heterocycles. The highest BCUT2D eigenvalue weighted by atomic mass is 16.5. The number of nitrogens with zero attached hydrogens (tertiary/aromatic N) is 1. The van der Waals surface area contributed by atoms with Crippen LogP contribution < -0.4 is 10.6 Å². The highest BCUT2D eigenvalue weighted by molar-refractivity contribution is 5.99. The molecule has 0 spiro atoms. The molecule has 2 N–H and O–H groups in total. The van der Waals surface area contributed by atoms with Gasteiger partial charge in [-0.1, -0.05) is 6.07 Å². The highest BCUT2D eigenvalue weighted by Gasteiger charge is 2.35. The molecule has 1 amide bonds. The van der Waals surface area contributed by atoms with Gasteiger partial charge in [-0.2, -0.15) is 0 Å². The van der Waals surface area contributed by atoms with Crippen molar-refractivity contribution in [1.82, 2.24) is 0 Å². The molecule has 5 nitrogen and oxygen atoms in total. The number of carbonyl (C=O) groups excluding carboxylic acids is 2. The molecule has 0 unspecified atom stereocenters. The van der Waals surface area contributed by atoms with Gasteiger partial charge in [0.1, 0.15) is 0 Å². The molecular weight excluding hydrogens is 232 g/mol. The molecule has 0 saturated carbocycles. The van der Waals surface area contributed by atoms with E-state index in [-0.39, 0.29) is 24.2 Å². The number of rotatable bonds is 2. The molecule has 96 valence electrons. The first-order valence-electron chi connectivity index (χ1n) is 5.77. The summed E-state index contributed by atoms with van der Waals surface area (Å²) in [4.78, 5) is 24.9. The first-order chi connectivity index (χ1) is 8.52. The van der Waals surface area contributed by atoms with E-state index >= 15 is 0 Å². The Bertz CT molecular complexity index is 499. The Morgan fingerprint density at radius 2 is 2.22 bits per heavy atom. The maximum absolute atomic E-state index is 11.9. The summed E-state index contributed by atoms with van der Waals surface area (Å²) in [6.07, 6.45) is 0.195. The topological polar surface area (TPSA) is 72.6 Å². The summed E-state index contributed by atoms with van der Waals surface area (Å²) >= 11 is 0. The van der Waals surface area contributed by atoms with Gasteiger partial charge in [-0.3, -0.25) is 9.59 Å². The lowest BCUT2D eigenvalue weighted by molar-refractivity contribution is -0.145. The van der Waals surface area contributed by atoms with E-state index in [9.17, 15) is 9.59 Å². The average molecular weight is 248 g/mol. The first kappa shape index (κ1) is 12.4. The van der Waals surface area contributed by atoms with Crippen molar-refractivity contribution in [3.63, 3.8) is 0 Å². The number of anilines is 2. The zero-order chi connectivity index (χ0) is 13.3. The fraction of sp³-hybridized carbons (Fsp3) is 0.385. The largest absolute Gasteiger partial charge is 0.469 e. The van der Waals surface area contributed by atoms with E-state index < -0.39 is 0 Å². The number of carbonyl (C=O) groups is 2. The lowest BCUT2D eigenvalue weighted by Crippen LogP contribution is -2.26. The Labute approximate surface area is 106 Å². The molecule has 2 rings (SSSR count). The molecule has 1 saturated heterocycles. The van der Waals surface area contributed by atoms with Crippen LogP contribution in [0.15, 0.2) is 18.2 Å². The molecule has 0 aromatic heterocycles. The molecule has 0 bridgehead atoms. The van der Waals surface area contributed by atoms with Crippen LogP contribution in [-0.2, 0) is 14.3 Å². The zero-order valence-corrected chi connectivity index (χ0v) is 10.5. The minimum Gasteiger partial charge on any atom is -0.469 e. The molecule has 0 radical (unpaired) electrons. The Balaban J connectivity index is 2.21. The summed E-state index contributed by atoms with van der Waals surface area (Å²) in [7, 11) is 1.33. The fourth-order valence-corrected chi connectivity index (χ4v) is 2.08. The Kier molecular flexibility index (Phi) is 3.23. The lowest BCUT2D eigenvalue weighted by atomic mass is 10.1. The number of nitrogen functional groups attached to an aromatic ring is 1. The van der Waals surface area contributed by atoms with E-state index in [4.69, 9.17) is 5.73 Å². The summed E-state index contributed by atoms with van der Waals surface area (Å²) in [5, 5.41) is 0. The second-order valence-corrected chi connectivity index (χ2v) is 4.47. The Morgan fingerprint density at radius 3 is 2.83 bits per heavy atom. The van der Waals surface area contributed by atoms with Crippen molar-refractivity contribution in [3.8, 4) is 0 Å². The molecule has 1 aliphatic rings. The van der Waals surface area contributed by atoms with Gasteiger partial charge in [0.2, 0.25) is 5.91 Å². The van der Waals surface area contributed by atoms with Gasteiger partial charge >= 0.3 is 5.97 Å². The van der Waals surface area contributed by atoms with Crippen LogP contribution in [0.2, 0.25) is 0 Å². The monoisotopic (exact) mass is 248 g/mol. The molecule has 1 heterocycles. The normalized spacial score (nSPS) is 19.1. The second-order valence-electron chi connectivity index (χ2n) is 4.47. The fourth-order valence-electron chi connectivity index (χ4n) is 2.08. The lowest BCUT2D eigenvalue weighted by Gasteiger charge is -2.17. The number of aryl methyl sites for hydroxylation is 1. The summed E-state index contributed by atoms with van der Waals surface area (Å²) in [5.74, 6) is -0.801. The van der Waals surface area contributed by atoms with Crippen molar-refractivity contribution >= 4 is 23.3 Å². The molecule has 1 aromatic rings. The summed E-state index contributed by atoms with van der Waals surface area (Å²) < 4.78 is 4.67. The number of nitrogens with two attached hydrogens (primary N) is 1. The number of hydrogen-bond acceptors (Lipinski definition) is 4. The van der Waals surface area contributed by atoms with Gasteiger partial charge in [0, 0.05) is 24.3 Å². The van der Waals surface area contributed by atoms with Gasteiger partial charge in [0.15, 0.2) is 0 Å². The van der Waals surface area contributed by atoms with Crippen molar-refractivity contribution in [3.05, 3.63) is 23.8 Å². The summed E-state index contributed by atoms with van der Waals surface area (Å²) in [5.41, 5.74) is 8.16. The van der Waals surface area contributed by atoms with Crippen molar-refractivity contribution in [1.29, 1.82) is 0 Å². The van der Waals surface area contributed by atoms with Crippen molar-refractivity contribution in [2.24, 2.45) is 5.92 Å². The van der Waals surface area contributed by atoms with Crippen LogP contribution in [0.5, 0.6) is 0 Å². The van der Waals surface area contributed by atoms with E-state index in [0.717, 1.165) is 11.3 Å². The van der Waals surface area contributed by atoms with E-state index in [2.05, 4.69) is 4.74 Å². The van der Waals surface area contributed by atoms with Gasteiger partial charge in [-0.05, 0) is 24.6 Å². The number of hydrogen-bond donors (Lipinski definition) is 1. The predicted molar refractivity (Wildman–Crippen MR) is 68.1 cm³/mol. The van der Waals surface area contributed by atoms with Crippen LogP contribution in [0.4, 0.5) is 11.4 Å². The van der Waals surface area contributed by atoms with Gasteiger partial charge in [0.25, 0.3) is 0 Å². The summed E-state index contributed by atoms with van der Waals surface area (Å²) in [6.45, 7) is 2.26. The maximum Gasteiger partial charge on any atom is 0.311 e. The number of ether oxygens (including phenoxy) is 1. The van der Waals surface area contributed by atoms with Crippen LogP contribution >= 0.6 is 0 Å². The zero-order valence-electron chi connectivity index (χ0n) is 10.5. The van der Waals surface area contributed by atoms with Gasteiger partial charge < -0.3 is 15.4 Å². The average Bonchev–Trinajstić information content (AvgIpc) is 2.74. The molecule has 1 fully saturated rings. The highest BCUT2D eigenvalue weighted by Crippen LogP contribution is 2.28. The van der Waals surface area contributed by atoms with Crippen LogP contribution in [0.3, 0.4) is 0 Å². The van der Waals surface area contributed by atoms with E-state index in [1.54, 1.807) is 11.0 Å². The Hall–Kier alpha value is -2.04. The van der Waals surface area contributed by atoms with Gasteiger partial charge in [-0.25, -0.2) is 0 Å². The first-order valence-corrected chi connectivity index (χ1v) is 5.77. The molecule has 1 atom stereocenters. The maximum atomic E-state index is 11.9. The van der Waals surface area contributed by atoms with Crippen molar-refractivity contribution < 1.29 is 14.3 Å². The van der Waals surface area contributed by atoms with Crippen LogP contribution in [0.25, 0.3) is 0 Å². The standard InChI is InChI=1S/C13H16N2O3/c1-8-3-4-10(6-11(8)14)15-7-9(5-12(15)16)13(17)18-2/h3-4,6,9H,5,7,14H2,1-2H3/t9-/m0/s1. The molecule has 0 aliphatic carbocycles. The van der Waals surface area contributed by atoms with Crippen LogP contribution in [-0.4, -0.2) is 25.5 Å².